The average molecular weight is 347 g/mol. The number of hydrogen-bond donors (Lipinski definition) is 0. The molecule has 2 nitrogen and oxygen atoms in total. The zero-order valence-corrected chi connectivity index (χ0v) is 13.8. The number of likely N-dealkylation sites (tertiary alicyclic amines) is 1. The van der Waals surface area contributed by atoms with Crippen molar-refractivity contribution in [1.29, 1.82) is 0 Å². The van der Waals surface area contributed by atoms with Gasteiger partial charge in [0.25, 0.3) is 5.91 Å². The molecular formula is C20H20F3NO. The van der Waals surface area contributed by atoms with Crippen LogP contribution in [-0.4, -0.2) is 23.9 Å². The molecule has 3 rings (SSSR count). The van der Waals surface area contributed by atoms with Crippen LogP contribution in [0.1, 0.15) is 34.3 Å². The van der Waals surface area contributed by atoms with Crippen LogP contribution in [0.5, 0.6) is 0 Å². The second kappa shape index (κ2) is 7.30. The van der Waals surface area contributed by atoms with Crippen LogP contribution in [-0.2, 0) is 12.6 Å². The van der Waals surface area contributed by atoms with Crippen molar-refractivity contribution < 1.29 is 18.0 Å². The molecule has 0 bridgehead atoms. The molecule has 0 N–H and O–H groups in total. The molecule has 1 heterocycles. The van der Waals surface area contributed by atoms with E-state index >= 15 is 0 Å². The lowest BCUT2D eigenvalue weighted by atomic mass is 9.90. The lowest BCUT2D eigenvalue weighted by Gasteiger charge is -2.32. The molecule has 25 heavy (non-hydrogen) atoms. The Hall–Kier alpha value is -2.30. The third kappa shape index (κ3) is 4.21. The smallest absolute Gasteiger partial charge is 0.339 e. The molecule has 0 aromatic heterocycles. The fourth-order valence-electron chi connectivity index (χ4n) is 3.37. The summed E-state index contributed by atoms with van der Waals surface area (Å²) < 4.78 is 39.3. The van der Waals surface area contributed by atoms with Gasteiger partial charge in [0.2, 0.25) is 0 Å². The first-order valence-corrected chi connectivity index (χ1v) is 8.44. The van der Waals surface area contributed by atoms with E-state index in [4.69, 9.17) is 0 Å². The summed E-state index contributed by atoms with van der Waals surface area (Å²) in [5.74, 6) is -0.0598. The number of halogens is 3. The molecule has 0 atom stereocenters. The Morgan fingerprint density at radius 2 is 1.56 bits per heavy atom. The Labute approximate surface area is 145 Å². The summed E-state index contributed by atoms with van der Waals surface area (Å²) in [6.45, 7) is 1.01. The van der Waals surface area contributed by atoms with E-state index in [1.807, 2.05) is 18.2 Å². The van der Waals surface area contributed by atoms with Crippen molar-refractivity contribution in [3.05, 3.63) is 71.3 Å². The molecule has 1 saturated heterocycles. The summed E-state index contributed by atoms with van der Waals surface area (Å²) in [4.78, 5) is 14.1. The van der Waals surface area contributed by atoms with Crippen LogP contribution in [0.3, 0.4) is 0 Å². The van der Waals surface area contributed by atoms with E-state index in [0.29, 0.717) is 19.0 Å². The SMILES string of the molecule is O=C(c1ccccc1C(F)(F)F)N1CCC(Cc2ccccc2)CC1. The molecule has 1 fully saturated rings. The van der Waals surface area contributed by atoms with E-state index in [9.17, 15) is 18.0 Å². The molecule has 0 radical (unpaired) electrons. The second-order valence-corrected chi connectivity index (χ2v) is 6.47. The molecule has 0 saturated carbocycles. The Kier molecular flexibility index (Phi) is 5.11. The second-order valence-electron chi connectivity index (χ2n) is 6.47. The van der Waals surface area contributed by atoms with Crippen molar-refractivity contribution in [2.45, 2.75) is 25.4 Å². The first kappa shape index (κ1) is 17.5. The van der Waals surface area contributed by atoms with Crippen molar-refractivity contribution in [3.63, 3.8) is 0 Å². The number of rotatable bonds is 3. The molecule has 1 aliphatic heterocycles. The highest BCUT2D eigenvalue weighted by Crippen LogP contribution is 2.33. The summed E-state index contributed by atoms with van der Waals surface area (Å²) >= 11 is 0. The fraction of sp³-hybridized carbons (Fsp3) is 0.350. The highest BCUT2D eigenvalue weighted by Gasteiger charge is 2.36. The van der Waals surface area contributed by atoms with Gasteiger partial charge in [0.1, 0.15) is 0 Å². The summed E-state index contributed by atoms with van der Waals surface area (Å²) in [5.41, 5.74) is 0.151. The molecule has 132 valence electrons. The highest BCUT2D eigenvalue weighted by molar-refractivity contribution is 5.96. The quantitative estimate of drug-likeness (QED) is 0.781. The van der Waals surface area contributed by atoms with E-state index in [0.717, 1.165) is 25.3 Å². The largest absolute Gasteiger partial charge is 0.417 e. The predicted molar refractivity (Wildman–Crippen MR) is 90.2 cm³/mol. The van der Waals surface area contributed by atoms with Crippen LogP contribution in [0.15, 0.2) is 54.6 Å². The van der Waals surface area contributed by atoms with Crippen LogP contribution in [0.25, 0.3) is 0 Å². The van der Waals surface area contributed by atoms with Crippen LogP contribution < -0.4 is 0 Å². The summed E-state index contributed by atoms with van der Waals surface area (Å²) in [6.07, 6.45) is -1.94. The zero-order valence-electron chi connectivity index (χ0n) is 13.8. The van der Waals surface area contributed by atoms with E-state index in [2.05, 4.69) is 12.1 Å². The van der Waals surface area contributed by atoms with Gasteiger partial charge < -0.3 is 4.90 Å². The van der Waals surface area contributed by atoms with Crippen molar-refractivity contribution >= 4 is 5.91 Å². The number of nitrogens with zero attached hydrogens (tertiary/aromatic N) is 1. The standard InChI is InChI=1S/C20H20F3NO/c21-20(22,23)18-9-5-4-8-17(18)19(25)24-12-10-16(11-13-24)14-15-6-2-1-3-7-15/h1-9,16H,10-14H2. The van der Waals surface area contributed by atoms with Crippen LogP contribution in [0, 0.1) is 5.92 Å². The van der Waals surface area contributed by atoms with Gasteiger partial charge in [-0.05, 0) is 42.9 Å². The monoisotopic (exact) mass is 347 g/mol. The van der Waals surface area contributed by atoms with E-state index in [-0.39, 0.29) is 5.56 Å². The van der Waals surface area contributed by atoms with Gasteiger partial charge in [0.05, 0.1) is 11.1 Å². The van der Waals surface area contributed by atoms with E-state index in [1.54, 1.807) is 4.90 Å². The maximum absolute atomic E-state index is 13.1. The molecule has 0 aliphatic carbocycles. The van der Waals surface area contributed by atoms with Crippen molar-refractivity contribution in [2.24, 2.45) is 5.92 Å². The molecule has 2 aromatic carbocycles. The minimum absolute atomic E-state index is 0.253. The minimum Gasteiger partial charge on any atom is -0.339 e. The van der Waals surface area contributed by atoms with Gasteiger partial charge in [-0.3, -0.25) is 4.79 Å². The first-order chi connectivity index (χ1) is 11.9. The molecule has 1 amide bonds. The molecule has 2 aromatic rings. The van der Waals surface area contributed by atoms with Gasteiger partial charge in [-0.2, -0.15) is 13.2 Å². The van der Waals surface area contributed by atoms with Crippen LogP contribution in [0.4, 0.5) is 13.2 Å². The maximum atomic E-state index is 13.1. The van der Waals surface area contributed by atoms with Gasteiger partial charge in [0, 0.05) is 13.1 Å². The third-order valence-electron chi connectivity index (χ3n) is 4.73. The number of piperidine rings is 1. The summed E-state index contributed by atoms with van der Waals surface area (Å²) in [6, 6.07) is 15.2. The van der Waals surface area contributed by atoms with E-state index in [1.165, 1.54) is 23.8 Å². The van der Waals surface area contributed by atoms with Gasteiger partial charge in [0.15, 0.2) is 0 Å². The lowest BCUT2D eigenvalue weighted by Crippen LogP contribution is -2.39. The number of benzene rings is 2. The zero-order chi connectivity index (χ0) is 17.9. The Bertz CT molecular complexity index is 719. The van der Waals surface area contributed by atoms with Gasteiger partial charge in [-0.1, -0.05) is 42.5 Å². The van der Waals surface area contributed by atoms with Gasteiger partial charge in [-0.25, -0.2) is 0 Å². The normalized spacial score (nSPS) is 16.0. The minimum atomic E-state index is -4.52. The Morgan fingerprint density at radius 3 is 2.20 bits per heavy atom. The molecule has 1 aliphatic rings. The molecular weight excluding hydrogens is 327 g/mol. The van der Waals surface area contributed by atoms with Gasteiger partial charge in [-0.15, -0.1) is 0 Å². The summed E-state index contributed by atoms with van der Waals surface area (Å²) in [5, 5.41) is 0. The Balaban J connectivity index is 1.65. The van der Waals surface area contributed by atoms with Crippen molar-refractivity contribution in [3.8, 4) is 0 Å². The first-order valence-electron chi connectivity index (χ1n) is 8.44. The molecule has 0 unspecified atom stereocenters. The van der Waals surface area contributed by atoms with Crippen LogP contribution >= 0.6 is 0 Å². The average Bonchev–Trinajstić information content (AvgIpc) is 2.62. The summed E-state index contributed by atoms with van der Waals surface area (Å²) in [7, 11) is 0. The highest BCUT2D eigenvalue weighted by atomic mass is 19.4. The van der Waals surface area contributed by atoms with Crippen molar-refractivity contribution in [1.82, 2.24) is 4.90 Å². The Morgan fingerprint density at radius 1 is 0.960 bits per heavy atom. The third-order valence-corrected chi connectivity index (χ3v) is 4.73. The fourth-order valence-corrected chi connectivity index (χ4v) is 3.37. The van der Waals surface area contributed by atoms with Crippen molar-refractivity contribution in [2.75, 3.05) is 13.1 Å². The topological polar surface area (TPSA) is 20.3 Å². The number of carbonyl (C=O) groups excluding carboxylic acids is 1. The lowest BCUT2D eigenvalue weighted by molar-refractivity contribution is -0.138. The number of alkyl halides is 3. The number of carbonyl (C=O) groups is 1. The number of hydrogen-bond acceptors (Lipinski definition) is 1. The van der Waals surface area contributed by atoms with Crippen LogP contribution in [0.2, 0.25) is 0 Å². The number of amides is 1. The molecule has 0 spiro atoms. The maximum Gasteiger partial charge on any atom is 0.417 e. The molecule has 5 heteroatoms. The predicted octanol–water partition coefficient (Wildman–Crippen LogP) is 4.80. The van der Waals surface area contributed by atoms with E-state index < -0.39 is 17.6 Å². The van der Waals surface area contributed by atoms with Gasteiger partial charge >= 0.3 is 6.18 Å².